The maximum absolute atomic E-state index is 13.2. The number of amides is 1. The summed E-state index contributed by atoms with van der Waals surface area (Å²) in [5.74, 6) is 0.454. The van der Waals surface area contributed by atoms with Crippen LogP contribution in [0.25, 0.3) is 5.82 Å². The third-order valence-corrected chi connectivity index (χ3v) is 4.81. The molecule has 0 radical (unpaired) electrons. The Labute approximate surface area is 156 Å². The van der Waals surface area contributed by atoms with E-state index in [0.717, 1.165) is 18.4 Å². The van der Waals surface area contributed by atoms with Crippen LogP contribution < -0.4 is 5.56 Å². The Morgan fingerprint density at radius 3 is 2.74 bits per heavy atom. The highest BCUT2D eigenvalue weighted by molar-refractivity contribution is 5.95. The number of aryl methyl sites for hydroxylation is 1. The van der Waals surface area contributed by atoms with Gasteiger partial charge in [-0.1, -0.05) is 29.8 Å². The first-order valence-corrected chi connectivity index (χ1v) is 9.00. The van der Waals surface area contributed by atoms with Crippen LogP contribution in [-0.4, -0.2) is 36.8 Å². The number of nitrogens with one attached hydrogen (secondary N) is 1. The molecule has 1 fully saturated rings. The molecule has 0 spiro atoms. The van der Waals surface area contributed by atoms with Gasteiger partial charge in [0.1, 0.15) is 0 Å². The van der Waals surface area contributed by atoms with Crippen LogP contribution in [0.2, 0.25) is 0 Å². The molecule has 2 aromatic heterocycles. The van der Waals surface area contributed by atoms with Gasteiger partial charge in [0.2, 0.25) is 0 Å². The lowest BCUT2D eigenvalue weighted by Crippen LogP contribution is -2.33. The number of nitrogens with zero attached hydrogens (tertiary/aromatic N) is 4. The lowest BCUT2D eigenvalue weighted by molar-refractivity contribution is 0.0729. The zero-order valence-corrected chi connectivity index (χ0v) is 15.3. The van der Waals surface area contributed by atoms with Crippen LogP contribution in [0.1, 0.15) is 40.0 Å². The summed E-state index contributed by atoms with van der Waals surface area (Å²) in [5, 5.41) is 10.7. The van der Waals surface area contributed by atoms with E-state index in [2.05, 4.69) is 40.4 Å². The SMILES string of the molecule is Cc1cccc(CN(C(=O)c2cnn(-c3ccc(=O)[nH]n3)c2C)C2CC2)c1. The van der Waals surface area contributed by atoms with Gasteiger partial charge in [-0.05, 0) is 38.3 Å². The number of carbonyl (C=O) groups is 1. The molecule has 3 aromatic rings. The average Bonchev–Trinajstić information content (AvgIpc) is 3.42. The molecule has 1 amide bonds. The van der Waals surface area contributed by atoms with E-state index in [1.165, 1.54) is 11.6 Å². The van der Waals surface area contributed by atoms with E-state index in [-0.39, 0.29) is 17.5 Å². The predicted octanol–water partition coefficient (Wildman–Crippen LogP) is 2.38. The molecule has 1 saturated carbocycles. The summed E-state index contributed by atoms with van der Waals surface area (Å²) in [6.07, 6.45) is 3.65. The molecule has 1 aliphatic carbocycles. The minimum absolute atomic E-state index is 0.0211. The maximum Gasteiger partial charge on any atom is 0.264 e. The van der Waals surface area contributed by atoms with E-state index in [1.54, 1.807) is 16.9 Å². The molecule has 138 valence electrons. The zero-order valence-electron chi connectivity index (χ0n) is 15.3. The minimum Gasteiger partial charge on any atom is -0.331 e. The maximum atomic E-state index is 13.2. The molecule has 2 heterocycles. The fraction of sp³-hybridized carbons (Fsp3) is 0.300. The van der Waals surface area contributed by atoms with Crippen LogP contribution >= 0.6 is 0 Å². The van der Waals surface area contributed by atoms with Crippen LogP contribution in [0.5, 0.6) is 0 Å². The Morgan fingerprint density at radius 1 is 1.26 bits per heavy atom. The van der Waals surface area contributed by atoms with Gasteiger partial charge in [-0.15, -0.1) is 0 Å². The van der Waals surface area contributed by atoms with Crippen molar-refractivity contribution in [2.75, 3.05) is 0 Å². The molecule has 1 aromatic carbocycles. The first-order valence-electron chi connectivity index (χ1n) is 9.00. The molecule has 4 rings (SSSR count). The van der Waals surface area contributed by atoms with E-state index < -0.39 is 0 Å². The highest BCUT2D eigenvalue weighted by atomic mass is 16.2. The van der Waals surface area contributed by atoms with Crippen LogP contribution in [0.15, 0.2) is 47.4 Å². The van der Waals surface area contributed by atoms with E-state index in [9.17, 15) is 9.59 Å². The molecular weight excluding hydrogens is 342 g/mol. The molecule has 27 heavy (non-hydrogen) atoms. The molecule has 0 unspecified atom stereocenters. The zero-order chi connectivity index (χ0) is 19.0. The Morgan fingerprint density at radius 2 is 2.07 bits per heavy atom. The Kier molecular flexibility index (Phi) is 4.35. The summed E-state index contributed by atoms with van der Waals surface area (Å²) in [4.78, 5) is 26.4. The average molecular weight is 363 g/mol. The van der Waals surface area contributed by atoms with Crippen LogP contribution in [-0.2, 0) is 6.54 Å². The summed E-state index contributed by atoms with van der Waals surface area (Å²) in [6.45, 7) is 4.48. The summed E-state index contributed by atoms with van der Waals surface area (Å²) >= 11 is 0. The van der Waals surface area contributed by atoms with Gasteiger partial charge >= 0.3 is 0 Å². The third-order valence-electron chi connectivity index (χ3n) is 4.81. The van der Waals surface area contributed by atoms with Crippen molar-refractivity contribution < 1.29 is 4.79 Å². The standard InChI is InChI=1S/C20H21N5O2/c1-13-4-3-5-15(10-13)12-24(16-6-7-16)20(27)17-11-21-25(14(17)2)18-8-9-19(26)23-22-18/h3-5,8-11,16H,6-7,12H2,1-2H3,(H,23,26). The molecule has 1 N–H and O–H groups in total. The van der Waals surface area contributed by atoms with Crippen LogP contribution in [0.4, 0.5) is 0 Å². The Balaban J connectivity index is 1.62. The second kappa shape index (κ2) is 6.83. The van der Waals surface area contributed by atoms with Gasteiger partial charge in [-0.25, -0.2) is 9.78 Å². The van der Waals surface area contributed by atoms with Gasteiger partial charge in [-0.3, -0.25) is 9.59 Å². The van der Waals surface area contributed by atoms with Crippen molar-refractivity contribution in [1.29, 1.82) is 0 Å². The predicted molar refractivity (Wildman–Crippen MR) is 101 cm³/mol. The third kappa shape index (κ3) is 3.53. The van der Waals surface area contributed by atoms with Gasteiger partial charge in [-0.2, -0.15) is 10.2 Å². The van der Waals surface area contributed by atoms with Crippen molar-refractivity contribution in [2.24, 2.45) is 0 Å². The summed E-state index contributed by atoms with van der Waals surface area (Å²) in [7, 11) is 0. The molecule has 0 saturated heterocycles. The smallest absolute Gasteiger partial charge is 0.264 e. The summed E-state index contributed by atoms with van der Waals surface area (Å²) in [6, 6.07) is 11.5. The number of aromatic amines is 1. The number of H-pyrrole nitrogens is 1. The van der Waals surface area contributed by atoms with E-state index in [0.29, 0.717) is 23.6 Å². The van der Waals surface area contributed by atoms with Crippen molar-refractivity contribution in [1.82, 2.24) is 24.9 Å². The Hall–Kier alpha value is -3.22. The number of benzene rings is 1. The normalized spacial score (nSPS) is 13.6. The number of hydrogen-bond acceptors (Lipinski definition) is 4. The molecule has 0 atom stereocenters. The van der Waals surface area contributed by atoms with Crippen LogP contribution in [0, 0.1) is 13.8 Å². The molecule has 1 aliphatic rings. The minimum atomic E-state index is -0.280. The second-order valence-electron chi connectivity index (χ2n) is 6.99. The van der Waals surface area contributed by atoms with Crippen molar-refractivity contribution in [3.8, 4) is 5.82 Å². The molecule has 0 bridgehead atoms. The largest absolute Gasteiger partial charge is 0.331 e. The highest BCUT2D eigenvalue weighted by Crippen LogP contribution is 2.30. The molecule has 0 aliphatic heterocycles. The van der Waals surface area contributed by atoms with E-state index in [4.69, 9.17) is 0 Å². The first kappa shape index (κ1) is 17.2. The fourth-order valence-corrected chi connectivity index (χ4v) is 3.22. The van der Waals surface area contributed by atoms with Gasteiger partial charge in [0.05, 0.1) is 17.5 Å². The lowest BCUT2D eigenvalue weighted by Gasteiger charge is -2.22. The van der Waals surface area contributed by atoms with Gasteiger partial charge in [0.25, 0.3) is 11.5 Å². The van der Waals surface area contributed by atoms with Crippen molar-refractivity contribution >= 4 is 5.91 Å². The number of rotatable bonds is 5. The van der Waals surface area contributed by atoms with Crippen molar-refractivity contribution in [3.63, 3.8) is 0 Å². The molecular formula is C20H21N5O2. The topological polar surface area (TPSA) is 83.9 Å². The van der Waals surface area contributed by atoms with Crippen molar-refractivity contribution in [3.05, 3.63) is 75.3 Å². The first-order chi connectivity index (χ1) is 13.0. The lowest BCUT2D eigenvalue weighted by atomic mass is 10.1. The summed E-state index contributed by atoms with van der Waals surface area (Å²) in [5.41, 5.74) is 3.29. The Bertz CT molecular complexity index is 1030. The second-order valence-corrected chi connectivity index (χ2v) is 6.99. The highest BCUT2D eigenvalue weighted by Gasteiger charge is 2.34. The van der Waals surface area contributed by atoms with Gasteiger partial charge < -0.3 is 4.90 Å². The number of hydrogen-bond donors (Lipinski definition) is 1. The van der Waals surface area contributed by atoms with Gasteiger partial charge in [0.15, 0.2) is 5.82 Å². The number of aromatic nitrogens is 4. The summed E-state index contributed by atoms with van der Waals surface area (Å²) < 4.78 is 1.57. The van der Waals surface area contributed by atoms with E-state index >= 15 is 0 Å². The van der Waals surface area contributed by atoms with E-state index in [1.807, 2.05) is 17.9 Å². The monoisotopic (exact) mass is 363 g/mol. The van der Waals surface area contributed by atoms with Crippen LogP contribution in [0.3, 0.4) is 0 Å². The number of carbonyl (C=O) groups excluding carboxylic acids is 1. The quantitative estimate of drug-likeness (QED) is 0.754. The van der Waals surface area contributed by atoms with Gasteiger partial charge in [0, 0.05) is 18.7 Å². The molecule has 7 heteroatoms. The molecule has 7 nitrogen and oxygen atoms in total. The fourth-order valence-electron chi connectivity index (χ4n) is 3.22. The van der Waals surface area contributed by atoms with Crippen molar-refractivity contribution in [2.45, 2.75) is 39.3 Å².